The minimum absolute atomic E-state index is 0.0271. The van der Waals surface area contributed by atoms with Crippen molar-refractivity contribution in [3.05, 3.63) is 22.3 Å². The van der Waals surface area contributed by atoms with Crippen LogP contribution in [-0.4, -0.2) is 44.1 Å². The molecular formula is C9H13Cl2N3O2S. The monoisotopic (exact) mass is 297 g/mol. The molecule has 0 aliphatic rings. The number of hydrogen-bond donors (Lipinski definition) is 1. The molecule has 0 radical (unpaired) electrons. The van der Waals surface area contributed by atoms with E-state index < -0.39 is 10.0 Å². The van der Waals surface area contributed by atoms with Crippen LogP contribution in [0.4, 0.5) is 5.82 Å². The first-order valence-electron chi connectivity index (χ1n) is 4.78. The van der Waals surface area contributed by atoms with E-state index in [1.54, 1.807) is 6.07 Å². The Hall–Kier alpha value is -0.560. The van der Waals surface area contributed by atoms with E-state index in [4.69, 9.17) is 23.2 Å². The lowest BCUT2D eigenvalue weighted by molar-refractivity contribution is 0.521. The first kappa shape index (κ1) is 14.5. The van der Waals surface area contributed by atoms with E-state index in [-0.39, 0.29) is 12.3 Å². The van der Waals surface area contributed by atoms with Crippen LogP contribution < -0.4 is 5.32 Å². The van der Waals surface area contributed by atoms with Gasteiger partial charge in [0.15, 0.2) is 0 Å². The molecule has 96 valence electrons. The van der Waals surface area contributed by atoms with Gasteiger partial charge in [-0.25, -0.2) is 17.7 Å². The van der Waals surface area contributed by atoms with E-state index in [2.05, 4.69) is 10.3 Å². The smallest absolute Gasteiger partial charge is 0.215 e. The Morgan fingerprint density at radius 1 is 1.41 bits per heavy atom. The molecule has 8 heteroatoms. The quantitative estimate of drug-likeness (QED) is 0.898. The molecule has 0 bridgehead atoms. The van der Waals surface area contributed by atoms with Gasteiger partial charge in [-0.05, 0) is 6.07 Å². The fourth-order valence-corrected chi connectivity index (χ4v) is 2.20. The summed E-state index contributed by atoms with van der Waals surface area (Å²) in [5.41, 5.74) is 0. The van der Waals surface area contributed by atoms with Gasteiger partial charge in [0.25, 0.3) is 0 Å². The van der Waals surface area contributed by atoms with Crippen LogP contribution >= 0.6 is 23.2 Å². The minimum atomic E-state index is -3.22. The first-order valence-corrected chi connectivity index (χ1v) is 7.14. The van der Waals surface area contributed by atoms with Crippen molar-refractivity contribution in [2.75, 3.05) is 31.7 Å². The van der Waals surface area contributed by atoms with Gasteiger partial charge in [0.2, 0.25) is 10.0 Å². The van der Waals surface area contributed by atoms with Crippen LogP contribution in [-0.2, 0) is 10.0 Å². The fraction of sp³-hybridized carbons (Fsp3) is 0.444. The van der Waals surface area contributed by atoms with Crippen LogP contribution in [0, 0.1) is 0 Å². The number of anilines is 1. The van der Waals surface area contributed by atoms with E-state index >= 15 is 0 Å². The van der Waals surface area contributed by atoms with E-state index in [0.717, 1.165) is 0 Å². The third kappa shape index (κ3) is 4.31. The van der Waals surface area contributed by atoms with Crippen molar-refractivity contribution < 1.29 is 8.42 Å². The summed E-state index contributed by atoms with van der Waals surface area (Å²) in [7, 11) is -0.238. The highest BCUT2D eigenvalue weighted by Gasteiger charge is 2.13. The zero-order valence-electron chi connectivity index (χ0n) is 9.44. The number of nitrogens with one attached hydrogen (secondary N) is 1. The lowest BCUT2D eigenvalue weighted by Crippen LogP contribution is -2.28. The molecule has 0 aliphatic heterocycles. The topological polar surface area (TPSA) is 62.3 Å². The van der Waals surface area contributed by atoms with Gasteiger partial charge in [0.05, 0.1) is 15.8 Å². The molecule has 1 aromatic heterocycles. The predicted molar refractivity (Wildman–Crippen MR) is 70.2 cm³/mol. The molecule has 1 heterocycles. The van der Waals surface area contributed by atoms with Gasteiger partial charge >= 0.3 is 0 Å². The minimum Gasteiger partial charge on any atom is -0.368 e. The van der Waals surface area contributed by atoms with E-state index in [9.17, 15) is 8.42 Å². The Morgan fingerprint density at radius 2 is 2.06 bits per heavy atom. The van der Waals surface area contributed by atoms with Crippen LogP contribution in [0.25, 0.3) is 0 Å². The van der Waals surface area contributed by atoms with Crippen LogP contribution in [0.5, 0.6) is 0 Å². The van der Waals surface area contributed by atoms with Crippen molar-refractivity contribution in [2.45, 2.75) is 0 Å². The largest absolute Gasteiger partial charge is 0.368 e. The molecule has 0 unspecified atom stereocenters. The average molecular weight is 298 g/mol. The van der Waals surface area contributed by atoms with Crippen LogP contribution in [0.15, 0.2) is 12.3 Å². The third-order valence-electron chi connectivity index (χ3n) is 2.02. The summed E-state index contributed by atoms with van der Waals surface area (Å²) < 4.78 is 24.1. The van der Waals surface area contributed by atoms with Crippen molar-refractivity contribution in [1.29, 1.82) is 0 Å². The SMILES string of the molecule is CN(C)S(=O)(=O)CCNc1ncc(Cl)cc1Cl. The number of rotatable bonds is 5. The third-order valence-corrected chi connectivity index (χ3v) is 4.34. The molecule has 0 aromatic carbocycles. The summed E-state index contributed by atoms with van der Waals surface area (Å²) in [6.07, 6.45) is 1.44. The zero-order chi connectivity index (χ0) is 13.1. The number of halogens is 2. The molecule has 0 aliphatic carbocycles. The number of hydrogen-bond acceptors (Lipinski definition) is 4. The van der Waals surface area contributed by atoms with Gasteiger partial charge in [0.1, 0.15) is 5.82 Å². The molecule has 0 fully saturated rings. The molecular weight excluding hydrogens is 285 g/mol. The van der Waals surface area contributed by atoms with Gasteiger partial charge < -0.3 is 5.32 Å². The second kappa shape index (κ2) is 5.86. The number of sulfonamides is 1. The second-order valence-electron chi connectivity index (χ2n) is 3.51. The molecule has 0 amide bonds. The summed E-state index contributed by atoms with van der Waals surface area (Å²) in [4.78, 5) is 3.96. The molecule has 0 saturated heterocycles. The lowest BCUT2D eigenvalue weighted by atomic mass is 10.4. The van der Waals surface area contributed by atoms with Crippen molar-refractivity contribution in [3.63, 3.8) is 0 Å². The van der Waals surface area contributed by atoms with Crippen molar-refractivity contribution >= 4 is 39.0 Å². The summed E-state index contributed by atoms with van der Waals surface area (Å²) in [5, 5.41) is 3.64. The second-order valence-corrected chi connectivity index (χ2v) is 6.66. The number of nitrogens with zero attached hydrogens (tertiary/aromatic N) is 2. The Balaban J connectivity index is 2.58. The van der Waals surface area contributed by atoms with Crippen LogP contribution in [0.2, 0.25) is 10.0 Å². The van der Waals surface area contributed by atoms with Gasteiger partial charge in [-0.1, -0.05) is 23.2 Å². The lowest BCUT2D eigenvalue weighted by Gasteiger charge is -2.12. The van der Waals surface area contributed by atoms with E-state index in [1.807, 2.05) is 0 Å². The molecule has 1 rings (SSSR count). The Kier molecular flexibility index (Phi) is 5.00. The Labute approximate surface area is 111 Å². The Morgan fingerprint density at radius 3 is 2.59 bits per heavy atom. The highest BCUT2D eigenvalue weighted by Crippen LogP contribution is 2.22. The van der Waals surface area contributed by atoms with Gasteiger partial charge in [-0.2, -0.15) is 0 Å². The molecule has 5 nitrogen and oxygen atoms in total. The summed E-state index contributed by atoms with van der Waals surface area (Å²) >= 11 is 11.6. The summed E-state index contributed by atoms with van der Waals surface area (Å²) in [6, 6.07) is 1.54. The van der Waals surface area contributed by atoms with Crippen LogP contribution in [0.3, 0.4) is 0 Å². The van der Waals surface area contributed by atoms with E-state index in [1.165, 1.54) is 24.6 Å². The maximum atomic E-state index is 11.5. The van der Waals surface area contributed by atoms with Gasteiger partial charge in [-0.3, -0.25) is 0 Å². The highest BCUT2D eigenvalue weighted by molar-refractivity contribution is 7.89. The van der Waals surface area contributed by atoms with Crippen molar-refractivity contribution in [3.8, 4) is 0 Å². The first-order chi connectivity index (χ1) is 7.83. The normalized spacial score (nSPS) is 11.8. The molecule has 0 spiro atoms. The van der Waals surface area contributed by atoms with E-state index in [0.29, 0.717) is 15.9 Å². The fourth-order valence-electron chi connectivity index (χ4n) is 1.03. The highest BCUT2D eigenvalue weighted by atomic mass is 35.5. The number of aromatic nitrogens is 1. The average Bonchev–Trinajstić information content (AvgIpc) is 2.21. The Bertz CT molecular complexity index is 491. The standard InChI is InChI=1S/C9H13Cl2N3O2S/c1-14(2)17(15,16)4-3-12-9-8(11)5-7(10)6-13-9/h5-6H,3-4H2,1-2H3,(H,12,13). The molecule has 1 aromatic rings. The van der Waals surface area contributed by atoms with Gasteiger partial charge in [0, 0.05) is 26.8 Å². The van der Waals surface area contributed by atoms with Crippen molar-refractivity contribution in [1.82, 2.24) is 9.29 Å². The zero-order valence-corrected chi connectivity index (χ0v) is 11.8. The molecule has 0 saturated carbocycles. The summed E-state index contributed by atoms with van der Waals surface area (Å²) in [6.45, 7) is 0.231. The van der Waals surface area contributed by atoms with Crippen LogP contribution in [0.1, 0.15) is 0 Å². The van der Waals surface area contributed by atoms with Crippen molar-refractivity contribution in [2.24, 2.45) is 0 Å². The summed E-state index contributed by atoms with van der Waals surface area (Å²) in [5.74, 6) is 0.394. The number of pyridine rings is 1. The molecule has 17 heavy (non-hydrogen) atoms. The van der Waals surface area contributed by atoms with Gasteiger partial charge in [-0.15, -0.1) is 0 Å². The maximum Gasteiger partial charge on any atom is 0.215 e. The molecule has 1 N–H and O–H groups in total. The maximum absolute atomic E-state index is 11.5. The molecule has 0 atom stereocenters. The predicted octanol–water partition coefficient (Wildman–Crippen LogP) is 1.69.